The molecular formula is C35H47OP. The zero-order chi connectivity index (χ0) is 27.8. The molecule has 1 atom stereocenters. The molecule has 0 fully saturated rings. The van der Waals surface area contributed by atoms with E-state index in [1.165, 1.54) is 32.9 Å². The van der Waals surface area contributed by atoms with E-state index in [0.717, 1.165) is 5.56 Å². The van der Waals surface area contributed by atoms with Crippen molar-refractivity contribution in [2.24, 2.45) is 0 Å². The number of hydrogen-bond acceptors (Lipinski definition) is 1. The van der Waals surface area contributed by atoms with Gasteiger partial charge < -0.3 is 5.11 Å². The van der Waals surface area contributed by atoms with Gasteiger partial charge in [0.1, 0.15) is 0 Å². The lowest BCUT2D eigenvalue weighted by Crippen LogP contribution is -2.36. The van der Waals surface area contributed by atoms with Gasteiger partial charge in [0.2, 0.25) is 0 Å². The van der Waals surface area contributed by atoms with Crippen molar-refractivity contribution in [3.8, 4) is 0 Å². The molecule has 0 bridgehead atoms. The molecule has 1 nitrogen and oxygen atoms in total. The number of benzene rings is 3. The molecule has 0 aliphatic carbocycles. The fourth-order valence-corrected chi connectivity index (χ4v) is 8.08. The van der Waals surface area contributed by atoms with Crippen LogP contribution in [0.5, 0.6) is 0 Å². The fourth-order valence-electron chi connectivity index (χ4n) is 4.73. The Balaban J connectivity index is 2.54. The molecule has 0 saturated carbocycles. The lowest BCUT2D eigenvalue weighted by molar-refractivity contribution is 0.174. The Bertz CT molecular complexity index is 1190. The lowest BCUT2D eigenvalue weighted by atomic mass is 9.75. The molecule has 0 radical (unpaired) electrons. The quantitative estimate of drug-likeness (QED) is 0.265. The van der Waals surface area contributed by atoms with Crippen LogP contribution in [-0.4, -0.2) is 10.4 Å². The molecule has 1 N–H and O–H groups in total. The molecule has 1 unspecified atom stereocenters. The van der Waals surface area contributed by atoms with Crippen LogP contribution >= 0.6 is 7.92 Å². The zero-order valence-electron chi connectivity index (χ0n) is 24.9. The summed E-state index contributed by atoms with van der Waals surface area (Å²) in [5, 5.41) is 13.6. The third-order valence-corrected chi connectivity index (χ3v) is 9.67. The van der Waals surface area contributed by atoms with E-state index >= 15 is 0 Å². The summed E-state index contributed by atoms with van der Waals surface area (Å²) >= 11 is 0. The average molecular weight is 515 g/mol. The van der Waals surface area contributed by atoms with Crippen LogP contribution in [0.2, 0.25) is 0 Å². The highest BCUT2D eigenvalue weighted by Crippen LogP contribution is 2.61. The number of rotatable bonds is 5. The van der Waals surface area contributed by atoms with Crippen LogP contribution in [-0.2, 0) is 16.2 Å². The maximum Gasteiger partial charge on any atom is 0.0862 e. The summed E-state index contributed by atoms with van der Waals surface area (Å²) in [5.41, 5.74) is 6.20. The first-order valence-electron chi connectivity index (χ1n) is 13.4. The monoisotopic (exact) mass is 514 g/mol. The van der Waals surface area contributed by atoms with E-state index in [1.54, 1.807) is 0 Å². The second-order valence-corrected chi connectivity index (χ2v) is 16.5. The minimum atomic E-state index is -1.16. The topological polar surface area (TPSA) is 20.2 Å². The summed E-state index contributed by atoms with van der Waals surface area (Å²) in [6.45, 7) is 24.7. The summed E-state index contributed by atoms with van der Waals surface area (Å²) in [5.74, 6) is 0. The molecule has 0 saturated heterocycles. The predicted molar refractivity (Wildman–Crippen MR) is 166 cm³/mol. The summed E-state index contributed by atoms with van der Waals surface area (Å²) in [4.78, 5) is 0. The summed E-state index contributed by atoms with van der Waals surface area (Å²) in [6.07, 6.45) is 2.30. The van der Waals surface area contributed by atoms with E-state index in [-0.39, 0.29) is 16.2 Å². The van der Waals surface area contributed by atoms with Gasteiger partial charge in [-0.1, -0.05) is 135 Å². The Labute approximate surface area is 227 Å². The van der Waals surface area contributed by atoms with Crippen molar-refractivity contribution in [2.75, 3.05) is 0 Å². The van der Waals surface area contributed by atoms with E-state index < -0.39 is 13.3 Å². The van der Waals surface area contributed by atoms with Gasteiger partial charge in [-0.2, -0.15) is 0 Å². The Kier molecular flexibility index (Phi) is 8.34. The third-order valence-electron chi connectivity index (χ3n) is 6.78. The molecule has 2 heteroatoms. The van der Waals surface area contributed by atoms with Crippen molar-refractivity contribution in [1.82, 2.24) is 0 Å². The second kappa shape index (κ2) is 10.5. The van der Waals surface area contributed by atoms with Gasteiger partial charge in [0, 0.05) is 0 Å². The van der Waals surface area contributed by atoms with Gasteiger partial charge in [-0.15, -0.1) is 0 Å². The Morgan fingerprint density at radius 1 is 0.622 bits per heavy atom. The Hall–Kier alpha value is -2.21. The minimum absolute atomic E-state index is 0.0259. The van der Waals surface area contributed by atoms with Gasteiger partial charge in [0.25, 0.3) is 0 Å². The summed E-state index contributed by atoms with van der Waals surface area (Å²) < 4.78 is 0. The van der Waals surface area contributed by atoms with Crippen molar-refractivity contribution in [1.29, 1.82) is 0 Å². The molecule has 0 aromatic heterocycles. The highest BCUT2D eigenvalue weighted by molar-refractivity contribution is 7.77. The van der Waals surface area contributed by atoms with Crippen LogP contribution < -0.4 is 5.30 Å². The fraction of sp³-hybridized carbons (Fsp3) is 0.429. The van der Waals surface area contributed by atoms with Crippen LogP contribution in [0.4, 0.5) is 0 Å². The van der Waals surface area contributed by atoms with Crippen molar-refractivity contribution in [3.05, 3.63) is 101 Å². The van der Waals surface area contributed by atoms with E-state index in [1.807, 2.05) is 13.8 Å². The van der Waals surface area contributed by atoms with E-state index in [0.29, 0.717) is 0 Å². The average Bonchev–Trinajstić information content (AvgIpc) is 2.77. The van der Waals surface area contributed by atoms with Crippen LogP contribution in [0.1, 0.15) is 104 Å². The van der Waals surface area contributed by atoms with Gasteiger partial charge in [0.05, 0.1) is 5.34 Å². The first-order chi connectivity index (χ1) is 16.9. The molecule has 198 valence electrons. The molecule has 3 aromatic carbocycles. The normalized spacial score (nSPS) is 14.5. The predicted octanol–water partition coefficient (Wildman–Crippen LogP) is 9.61. The second-order valence-electron chi connectivity index (χ2n) is 13.8. The van der Waals surface area contributed by atoms with Gasteiger partial charge in [0.15, 0.2) is 0 Å². The van der Waals surface area contributed by atoms with E-state index in [4.69, 9.17) is 0 Å². The first kappa shape index (κ1) is 29.3. The maximum atomic E-state index is 12.0. The molecule has 37 heavy (non-hydrogen) atoms. The number of hydrogen-bond donors (Lipinski definition) is 1. The van der Waals surface area contributed by atoms with E-state index in [2.05, 4.69) is 141 Å². The Morgan fingerprint density at radius 2 is 1.05 bits per heavy atom. The van der Waals surface area contributed by atoms with Gasteiger partial charge >= 0.3 is 0 Å². The van der Waals surface area contributed by atoms with Crippen molar-refractivity contribution in [2.45, 2.75) is 97.7 Å². The highest BCUT2D eigenvalue weighted by Gasteiger charge is 2.40. The molecule has 3 rings (SSSR count). The number of aliphatic hydroxyl groups is 1. The third kappa shape index (κ3) is 7.01. The SMILES string of the molecule is CC(C)(C)c1cc(C(C)(C)C)c(P(C(=Cc2ccccc2)c2ccccc2)C(C)(C)O)c(C(C)(C)C)c1. The lowest BCUT2D eigenvalue weighted by Gasteiger charge is -2.41. The van der Waals surface area contributed by atoms with Crippen molar-refractivity contribution in [3.63, 3.8) is 0 Å². The molecule has 0 aliphatic heterocycles. The summed E-state index contributed by atoms with van der Waals surface area (Å²) in [7, 11) is -1.16. The molecule has 0 aliphatic rings. The van der Waals surface area contributed by atoms with Gasteiger partial charge in [-0.3, -0.25) is 0 Å². The maximum absolute atomic E-state index is 12.0. The first-order valence-corrected chi connectivity index (χ1v) is 14.8. The highest BCUT2D eigenvalue weighted by atomic mass is 31.1. The van der Waals surface area contributed by atoms with E-state index in [9.17, 15) is 5.11 Å². The van der Waals surface area contributed by atoms with Crippen LogP contribution in [0.3, 0.4) is 0 Å². The van der Waals surface area contributed by atoms with Gasteiger partial charge in [-0.25, -0.2) is 0 Å². The molecule has 0 spiro atoms. The van der Waals surface area contributed by atoms with Crippen LogP contribution in [0, 0.1) is 0 Å². The van der Waals surface area contributed by atoms with Crippen LogP contribution in [0.25, 0.3) is 11.4 Å². The van der Waals surface area contributed by atoms with Gasteiger partial charge in [-0.05, 0) is 82.5 Å². The smallest absolute Gasteiger partial charge is 0.0862 e. The van der Waals surface area contributed by atoms with Crippen LogP contribution in [0.15, 0.2) is 72.8 Å². The van der Waals surface area contributed by atoms with Crippen molar-refractivity contribution < 1.29 is 5.11 Å². The molecule has 3 aromatic rings. The Morgan fingerprint density at radius 3 is 1.43 bits per heavy atom. The minimum Gasteiger partial charge on any atom is -0.385 e. The zero-order valence-corrected chi connectivity index (χ0v) is 25.8. The molecule has 0 heterocycles. The standard InChI is InChI=1S/C35H47OP/c1-32(2,3)27-23-28(33(4,5)6)31(29(24-27)34(7,8)9)37(35(10,11)36)30(26-20-16-13-17-21-26)22-25-18-14-12-15-19-25/h12-24,36H,1-11H3. The molecule has 0 amide bonds. The molecular weight excluding hydrogens is 467 g/mol. The summed E-state index contributed by atoms with van der Waals surface area (Å²) in [6, 6.07) is 26.0. The largest absolute Gasteiger partial charge is 0.385 e. The van der Waals surface area contributed by atoms with Crippen molar-refractivity contribution >= 4 is 24.6 Å².